The van der Waals surface area contributed by atoms with Gasteiger partial charge >= 0.3 is 0 Å². The monoisotopic (exact) mass is 426 g/mol. The Morgan fingerprint density at radius 2 is 1.90 bits per heavy atom. The second kappa shape index (κ2) is 9.53. The summed E-state index contributed by atoms with van der Waals surface area (Å²) in [7, 11) is 0. The van der Waals surface area contributed by atoms with Crippen molar-refractivity contribution in [1.82, 2.24) is 15.0 Å². The van der Waals surface area contributed by atoms with Gasteiger partial charge in [-0.1, -0.05) is 24.3 Å². The highest BCUT2D eigenvalue weighted by molar-refractivity contribution is 7.99. The van der Waals surface area contributed by atoms with Gasteiger partial charge in [-0.3, -0.25) is 4.79 Å². The first kappa shape index (κ1) is 21.5. The Hall–Kier alpha value is -3.20. The molecular formula is C21H23FN6OS. The number of benzene rings is 2. The van der Waals surface area contributed by atoms with Crippen molar-refractivity contribution < 1.29 is 9.18 Å². The fraction of sp³-hybridized carbons (Fsp3) is 0.238. The lowest BCUT2D eigenvalue weighted by Gasteiger charge is -2.13. The number of nitrogens with two attached hydrogens (primary N) is 1. The molecule has 0 radical (unpaired) electrons. The first-order valence-electron chi connectivity index (χ1n) is 9.33. The summed E-state index contributed by atoms with van der Waals surface area (Å²) in [6.45, 7) is 5.41. The van der Waals surface area contributed by atoms with E-state index in [-0.39, 0.29) is 17.7 Å². The van der Waals surface area contributed by atoms with Crippen molar-refractivity contribution in [3.8, 4) is 0 Å². The summed E-state index contributed by atoms with van der Waals surface area (Å²) < 4.78 is 13.7. The zero-order valence-electron chi connectivity index (χ0n) is 16.9. The summed E-state index contributed by atoms with van der Waals surface area (Å²) in [5.74, 6) is 0.686. The fourth-order valence-corrected chi connectivity index (χ4v) is 3.32. The number of carbonyl (C=O) groups is 1. The van der Waals surface area contributed by atoms with E-state index in [0.717, 1.165) is 11.3 Å². The molecule has 7 nitrogen and oxygen atoms in total. The summed E-state index contributed by atoms with van der Waals surface area (Å²) in [6.07, 6.45) is 0. The van der Waals surface area contributed by atoms with E-state index < -0.39 is 5.25 Å². The van der Waals surface area contributed by atoms with Crippen molar-refractivity contribution in [2.24, 2.45) is 0 Å². The highest BCUT2D eigenvalue weighted by Crippen LogP contribution is 2.21. The molecule has 9 heteroatoms. The largest absolute Gasteiger partial charge is 0.368 e. The lowest BCUT2D eigenvalue weighted by Crippen LogP contribution is -2.23. The number of aromatic nitrogens is 3. The third-order valence-corrected chi connectivity index (χ3v) is 5.50. The molecule has 0 aliphatic rings. The van der Waals surface area contributed by atoms with Crippen molar-refractivity contribution in [3.63, 3.8) is 0 Å². The van der Waals surface area contributed by atoms with E-state index >= 15 is 0 Å². The minimum absolute atomic E-state index is 0.101. The maximum absolute atomic E-state index is 13.7. The molecule has 1 amide bonds. The molecule has 3 rings (SSSR count). The third kappa shape index (κ3) is 5.66. The van der Waals surface area contributed by atoms with Crippen LogP contribution in [0.4, 0.5) is 27.7 Å². The SMILES string of the molecule is Cc1ccc(NC(=O)C(C)SCc2nc(N)nc(Nc3ccccc3C)n2)cc1F. The molecule has 4 N–H and O–H groups in total. The van der Waals surface area contributed by atoms with E-state index in [9.17, 15) is 9.18 Å². The Morgan fingerprint density at radius 1 is 1.13 bits per heavy atom. The van der Waals surface area contributed by atoms with Crippen LogP contribution in [0.15, 0.2) is 42.5 Å². The van der Waals surface area contributed by atoms with Crippen LogP contribution in [-0.4, -0.2) is 26.1 Å². The van der Waals surface area contributed by atoms with Crippen molar-refractivity contribution >= 4 is 40.9 Å². The number of hydrogen-bond acceptors (Lipinski definition) is 7. The number of nitrogens with zero attached hydrogens (tertiary/aromatic N) is 3. The summed E-state index contributed by atoms with van der Waals surface area (Å²) in [5.41, 5.74) is 8.69. The lowest BCUT2D eigenvalue weighted by molar-refractivity contribution is -0.115. The molecule has 1 heterocycles. The molecule has 0 aliphatic heterocycles. The van der Waals surface area contributed by atoms with Gasteiger partial charge in [0.1, 0.15) is 11.6 Å². The highest BCUT2D eigenvalue weighted by Gasteiger charge is 2.16. The number of amides is 1. The molecule has 0 saturated heterocycles. The Labute approximate surface area is 178 Å². The van der Waals surface area contributed by atoms with Gasteiger partial charge in [0.25, 0.3) is 0 Å². The summed E-state index contributed by atoms with van der Waals surface area (Å²) in [6, 6.07) is 12.4. The van der Waals surface area contributed by atoms with E-state index in [4.69, 9.17) is 5.73 Å². The van der Waals surface area contributed by atoms with E-state index in [2.05, 4.69) is 25.6 Å². The van der Waals surface area contributed by atoms with Crippen LogP contribution >= 0.6 is 11.8 Å². The minimum Gasteiger partial charge on any atom is -0.368 e. The molecular weight excluding hydrogens is 403 g/mol. The first-order chi connectivity index (χ1) is 14.3. The number of anilines is 4. The van der Waals surface area contributed by atoms with Crippen LogP contribution in [0.2, 0.25) is 0 Å². The number of hydrogen-bond donors (Lipinski definition) is 3. The molecule has 2 aromatic carbocycles. The highest BCUT2D eigenvalue weighted by atomic mass is 32.2. The molecule has 0 fully saturated rings. The number of rotatable bonds is 7. The second-order valence-electron chi connectivity index (χ2n) is 6.78. The Kier molecular flexibility index (Phi) is 6.83. The quantitative estimate of drug-likeness (QED) is 0.519. The van der Waals surface area contributed by atoms with Crippen LogP contribution in [0.25, 0.3) is 0 Å². The zero-order chi connectivity index (χ0) is 21.7. The number of carbonyl (C=O) groups excluding carboxylic acids is 1. The van der Waals surface area contributed by atoms with E-state index in [1.165, 1.54) is 17.8 Å². The Balaban J connectivity index is 1.61. The standard InChI is InChI=1S/C21H23FN6OS/c1-12-8-9-15(10-16(12)22)24-19(29)14(3)30-11-18-26-20(23)28-21(27-18)25-17-7-5-4-6-13(17)2/h4-10,14H,11H2,1-3H3,(H,24,29)(H3,23,25,26,27,28). The Morgan fingerprint density at radius 3 is 2.63 bits per heavy atom. The van der Waals surface area contributed by atoms with Crippen LogP contribution < -0.4 is 16.4 Å². The van der Waals surface area contributed by atoms with Gasteiger partial charge in [0.15, 0.2) is 0 Å². The summed E-state index contributed by atoms with van der Waals surface area (Å²) in [5, 5.41) is 5.46. The van der Waals surface area contributed by atoms with Crippen molar-refractivity contribution in [1.29, 1.82) is 0 Å². The van der Waals surface area contributed by atoms with Gasteiger partial charge < -0.3 is 16.4 Å². The zero-order valence-corrected chi connectivity index (χ0v) is 17.8. The van der Waals surface area contributed by atoms with Crippen LogP contribution in [0.5, 0.6) is 0 Å². The van der Waals surface area contributed by atoms with Crippen LogP contribution in [0, 0.1) is 19.7 Å². The molecule has 0 bridgehead atoms. The van der Waals surface area contributed by atoms with Crippen molar-refractivity contribution in [3.05, 3.63) is 65.2 Å². The maximum atomic E-state index is 13.7. The van der Waals surface area contributed by atoms with Gasteiger partial charge in [0, 0.05) is 11.4 Å². The molecule has 3 aromatic rings. The van der Waals surface area contributed by atoms with Gasteiger partial charge in [-0.15, -0.1) is 11.8 Å². The van der Waals surface area contributed by atoms with Gasteiger partial charge in [0.2, 0.25) is 17.8 Å². The van der Waals surface area contributed by atoms with Gasteiger partial charge in [-0.2, -0.15) is 15.0 Å². The van der Waals surface area contributed by atoms with E-state index in [1.54, 1.807) is 26.0 Å². The van der Waals surface area contributed by atoms with Crippen LogP contribution in [-0.2, 0) is 10.5 Å². The topological polar surface area (TPSA) is 106 Å². The molecule has 30 heavy (non-hydrogen) atoms. The smallest absolute Gasteiger partial charge is 0.237 e. The number of aryl methyl sites for hydroxylation is 2. The molecule has 0 spiro atoms. The average molecular weight is 427 g/mol. The van der Waals surface area contributed by atoms with Gasteiger partial charge in [-0.25, -0.2) is 4.39 Å². The number of thioether (sulfide) groups is 1. The normalized spacial score (nSPS) is 11.7. The molecule has 1 atom stereocenters. The molecule has 0 aliphatic carbocycles. The number of nitrogen functional groups attached to an aromatic ring is 1. The number of para-hydroxylation sites is 1. The van der Waals surface area contributed by atoms with E-state index in [0.29, 0.717) is 28.8 Å². The van der Waals surface area contributed by atoms with Crippen LogP contribution in [0.3, 0.4) is 0 Å². The van der Waals surface area contributed by atoms with Crippen molar-refractivity contribution in [2.75, 3.05) is 16.4 Å². The third-order valence-electron chi connectivity index (χ3n) is 4.36. The average Bonchev–Trinajstić information content (AvgIpc) is 2.70. The van der Waals surface area contributed by atoms with Crippen molar-refractivity contribution in [2.45, 2.75) is 31.8 Å². The number of halogens is 1. The number of nitrogens with one attached hydrogen (secondary N) is 2. The molecule has 156 valence electrons. The lowest BCUT2D eigenvalue weighted by atomic mass is 10.2. The minimum atomic E-state index is -0.403. The molecule has 0 saturated carbocycles. The predicted octanol–water partition coefficient (Wildman–Crippen LogP) is 4.21. The Bertz CT molecular complexity index is 1060. The summed E-state index contributed by atoms with van der Waals surface area (Å²) in [4.78, 5) is 25.1. The van der Waals surface area contributed by atoms with E-state index in [1.807, 2.05) is 31.2 Å². The second-order valence-corrected chi connectivity index (χ2v) is 8.11. The van der Waals surface area contributed by atoms with Crippen LogP contribution in [0.1, 0.15) is 23.9 Å². The maximum Gasteiger partial charge on any atom is 0.237 e. The van der Waals surface area contributed by atoms with Gasteiger partial charge in [0.05, 0.1) is 11.0 Å². The fourth-order valence-electron chi connectivity index (χ4n) is 2.58. The first-order valence-corrected chi connectivity index (χ1v) is 10.4. The summed E-state index contributed by atoms with van der Waals surface area (Å²) >= 11 is 1.35. The predicted molar refractivity (Wildman–Crippen MR) is 119 cm³/mol. The molecule has 1 unspecified atom stereocenters. The molecule has 1 aromatic heterocycles. The van der Waals surface area contributed by atoms with Gasteiger partial charge in [-0.05, 0) is 50.1 Å².